The van der Waals surface area contributed by atoms with Crippen LogP contribution < -0.4 is 0 Å². The van der Waals surface area contributed by atoms with E-state index in [4.69, 9.17) is 0 Å². The maximum absolute atomic E-state index is 13.6. The van der Waals surface area contributed by atoms with E-state index in [1.807, 2.05) is 0 Å². The summed E-state index contributed by atoms with van der Waals surface area (Å²) in [4.78, 5) is 10.4. The van der Waals surface area contributed by atoms with Crippen molar-refractivity contribution in [3.63, 3.8) is 0 Å². The Morgan fingerprint density at radius 1 is 0.778 bits per heavy atom. The van der Waals surface area contributed by atoms with Crippen LogP contribution in [0.4, 0.5) is 17.6 Å². The van der Waals surface area contributed by atoms with Gasteiger partial charge in [-0.05, 0) is 18.2 Å². The maximum Gasteiger partial charge on any atom is 0.195 e. The topological polar surface area (TPSA) is 17.1 Å². The molecule has 0 saturated carbocycles. The molecule has 18 heavy (non-hydrogen) atoms. The Labute approximate surface area is 99.7 Å². The summed E-state index contributed by atoms with van der Waals surface area (Å²) in [6.07, 6.45) is 0.425. The van der Waals surface area contributed by atoms with Crippen LogP contribution in [0.5, 0.6) is 0 Å². The molecule has 0 atom stereocenters. The Balaban J connectivity index is 2.62. The quantitative estimate of drug-likeness (QED) is 0.453. The molecule has 92 valence electrons. The summed E-state index contributed by atoms with van der Waals surface area (Å²) in [7, 11) is 0. The highest BCUT2D eigenvalue weighted by atomic mass is 19.2. The largest absolute Gasteiger partial charge is 0.298 e. The Morgan fingerprint density at radius 2 is 1.44 bits per heavy atom. The van der Waals surface area contributed by atoms with E-state index in [2.05, 4.69) is 0 Å². The number of carbonyl (C=O) groups excluding carboxylic acids is 1. The van der Waals surface area contributed by atoms with Gasteiger partial charge in [0.05, 0.1) is 0 Å². The first kappa shape index (κ1) is 12.3. The van der Waals surface area contributed by atoms with E-state index in [1.54, 1.807) is 0 Å². The Kier molecular flexibility index (Phi) is 3.14. The lowest BCUT2D eigenvalue weighted by molar-refractivity contribution is 0.112. The zero-order chi connectivity index (χ0) is 13.3. The van der Waals surface area contributed by atoms with E-state index in [1.165, 1.54) is 6.07 Å². The second kappa shape index (κ2) is 4.60. The summed E-state index contributed by atoms with van der Waals surface area (Å²) in [6, 6.07) is 4.93. The van der Waals surface area contributed by atoms with Crippen LogP contribution in [0.15, 0.2) is 30.3 Å². The summed E-state index contributed by atoms with van der Waals surface area (Å²) in [5.41, 5.74) is -0.569. The van der Waals surface area contributed by atoms with Gasteiger partial charge in [0.1, 0.15) is 12.1 Å². The summed E-state index contributed by atoms with van der Waals surface area (Å²) in [5, 5.41) is 0. The minimum atomic E-state index is -1.66. The van der Waals surface area contributed by atoms with Gasteiger partial charge in [-0.25, -0.2) is 17.6 Å². The number of aldehydes is 1. The minimum Gasteiger partial charge on any atom is -0.298 e. The molecule has 0 saturated heterocycles. The first-order chi connectivity index (χ1) is 8.54. The molecule has 0 N–H and O–H groups in total. The van der Waals surface area contributed by atoms with Crippen LogP contribution in [0.2, 0.25) is 0 Å². The third kappa shape index (κ3) is 1.99. The Morgan fingerprint density at radius 3 is 2.06 bits per heavy atom. The second-order valence-corrected chi connectivity index (χ2v) is 3.58. The van der Waals surface area contributed by atoms with Crippen LogP contribution in [-0.2, 0) is 0 Å². The fourth-order valence-electron chi connectivity index (χ4n) is 1.56. The van der Waals surface area contributed by atoms with Gasteiger partial charge in [0.25, 0.3) is 0 Å². The van der Waals surface area contributed by atoms with Crippen molar-refractivity contribution in [2.24, 2.45) is 0 Å². The van der Waals surface area contributed by atoms with Crippen molar-refractivity contribution < 1.29 is 22.4 Å². The lowest BCUT2D eigenvalue weighted by Crippen LogP contribution is -1.96. The normalized spacial score (nSPS) is 10.4. The smallest absolute Gasteiger partial charge is 0.195 e. The number of hydrogen-bond acceptors (Lipinski definition) is 1. The number of rotatable bonds is 2. The summed E-state index contributed by atoms with van der Waals surface area (Å²) in [5.74, 6) is -5.36. The highest BCUT2D eigenvalue weighted by Crippen LogP contribution is 2.28. The van der Waals surface area contributed by atoms with E-state index >= 15 is 0 Å². The molecule has 5 heteroatoms. The zero-order valence-corrected chi connectivity index (χ0v) is 8.88. The number of carbonyl (C=O) groups is 1. The highest BCUT2D eigenvalue weighted by Gasteiger charge is 2.17. The molecule has 0 fully saturated rings. The van der Waals surface area contributed by atoms with Gasteiger partial charge in [-0.2, -0.15) is 0 Å². The summed E-state index contributed by atoms with van der Waals surface area (Å²) in [6.45, 7) is 0. The maximum atomic E-state index is 13.6. The SMILES string of the molecule is O=Cc1ccc(-c2ccc(F)c(F)c2F)c(F)c1. The molecule has 0 radical (unpaired) electrons. The van der Waals surface area contributed by atoms with Crippen LogP contribution in [0.3, 0.4) is 0 Å². The predicted molar refractivity (Wildman–Crippen MR) is 57.1 cm³/mol. The van der Waals surface area contributed by atoms with Gasteiger partial charge >= 0.3 is 0 Å². The summed E-state index contributed by atoms with van der Waals surface area (Å²) >= 11 is 0. The predicted octanol–water partition coefficient (Wildman–Crippen LogP) is 3.72. The first-order valence-corrected chi connectivity index (χ1v) is 4.93. The van der Waals surface area contributed by atoms with E-state index in [0.29, 0.717) is 12.4 Å². The van der Waals surface area contributed by atoms with Crippen molar-refractivity contribution in [3.05, 3.63) is 59.2 Å². The van der Waals surface area contributed by atoms with Gasteiger partial charge in [-0.1, -0.05) is 12.1 Å². The summed E-state index contributed by atoms with van der Waals surface area (Å²) < 4.78 is 52.8. The third-order valence-corrected chi connectivity index (χ3v) is 2.45. The molecule has 0 amide bonds. The lowest BCUT2D eigenvalue weighted by atomic mass is 10.0. The van der Waals surface area contributed by atoms with Crippen molar-refractivity contribution in [2.45, 2.75) is 0 Å². The van der Waals surface area contributed by atoms with Crippen molar-refractivity contribution in [3.8, 4) is 11.1 Å². The standard InChI is InChI=1S/C13H6F4O/c14-10-4-3-9(12(16)13(10)17)8-2-1-7(6-18)5-11(8)15/h1-6H. The van der Waals surface area contributed by atoms with Crippen molar-refractivity contribution in [1.82, 2.24) is 0 Å². The highest BCUT2D eigenvalue weighted by molar-refractivity contribution is 5.77. The monoisotopic (exact) mass is 254 g/mol. The van der Waals surface area contributed by atoms with Gasteiger partial charge in [-0.3, -0.25) is 4.79 Å². The molecule has 0 aliphatic carbocycles. The molecule has 0 aliphatic rings. The van der Waals surface area contributed by atoms with E-state index < -0.39 is 28.8 Å². The molecule has 0 aliphatic heterocycles. The van der Waals surface area contributed by atoms with E-state index in [-0.39, 0.29) is 11.1 Å². The lowest BCUT2D eigenvalue weighted by Gasteiger charge is -2.06. The average molecular weight is 254 g/mol. The van der Waals surface area contributed by atoms with Gasteiger partial charge in [0.15, 0.2) is 17.5 Å². The first-order valence-electron chi connectivity index (χ1n) is 4.93. The second-order valence-electron chi connectivity index (χ2n) is 3.58. The molecule has 0 unspecified atom stereocenters. The Bertz CT molecular complexity index is 623. The molecule has 1 nitrogen and oxygen atoms in total. The molecule has 0 spiro atoms. The molecule has 2 aromatic rings. The molecular formula is C13H6F4O. The van der Waals surface area contributed by atoms with Crippen LogP contribution in [0, 0.1) is 23.3 Å². The van der Waals surface area contributed by atoms with Crippen molar-refractivity contribution in [2.75, 3.05) is 0 Å². The third-order valence-electron chi connectivity index (χ3n) is 2.45. The average Bonchev–Trinajstić information content (AvgIpc) is 2.37. The van der Waals surface area contributed by atoms with Crippen LogP contribution in [0.1, 0.15) is 10.4 Å². The van der Waals surface area contributed by atoms with Crippen molar-refractivity contribution >= 4 is 6.29 Å². The van der Waals surface area contributed by atoms with Gasteiger partial charge in [-0.15, -0.1) is 0 Å². The molecule has 2 aromatic carbocycles. The van der Waals surface area contributed by atoms with Gasteiger partial charge in [0.2, 0.25) is 0 Å². The molecular weight excluding hydrogens is 248 g/mol. The Hall–Kier alpha value is -2.17. The minimum absolute atomic E-state index is 0.0687. The fourth-order valence-corrected chi connectivity index (χ4v) is 1.56. The van der Waals surface area contributed by atoms with E-state index in [0.717, 1.165) is 18.2 Å². The number of benzene rings is 2. The van der Waals surface area contributed by atoms with Gasteiger partial charge < -0.3 is 0 Å². The van der Waals surface area contributed by atoms with Crippen LogP contribution >= 0.6 is 0 Å². The number of hydrogen-bond donors (Lipinski definition) is 0. The van der Waals surface area contributed by atoms with Gasteiger partial charge in [0, 0.05) is 16.7 Å². The molecule has 0 bridgehead atoms. The molecule has 2 rings (SSSR count). The molecule has 0 heterocycles. The molecule has 0 aromatic heterocycles. The number of halogens is 4. The van der Waals surface area contributed by atoms with Crippen molar-refractivity contribution in [1.29, 1.82) is 0 Å². The van der Waals surface area contributed by atoms with E-state index in [9.17, 15) is 22.4 Å². The van der Waals surface area contributed by atoms with Crippen LogP contribution in [0.25, 0.3) is 11.1 Å². The fraction of sp³-hybridized carbons (Fsp3) is 0. The van der Waals surface area contributed by atoms with Crippen LogP contribution in [-0.4, -0.2) is 6.29 Å². The zero-order valence-electron chi connectivity index (χ0n) is 8.88.